The number of hydrogen-bond donors (Lipinski definition) is 3. The highest BCUT2D eigenvalue weighted by Crippen LogP contribution is 2.52. The average Bonchev–Trinajstić information content (AvgIpc) is 2.62. The molecule has 1 unspecified atom stereocenters. The van der Waals surface area contributed by atoms with Gasteiger partial charge in [-0.1, -0.05) is 6.92 Å². The number of amides is 3. The molecule has 128 valence electrons. The minimum Gasteiger partial charge on any atom is -0.339 e. The van der Waals surface area contributed by atoms with Crippen molar-refractivity contribution in [2.24, 2.45) is 0 Å². The fraction of sp³-hybridized carbons (Fsp3) is 0.833. The zero-order valence-corrected chi connectivity index (χ0v) is 14.1. The van der Waals surface area contributed by atoms with Crippen LogP contribution in [0, 0.1) is 0 Å². The Balaban J connectivity index is 3.17. The molecule has 1 saturated heterocycles. The van der Waals surface area contributed by atoms with Crippen molar-refractivity contribution in [3.8, 4) is 0 Å². The molecule has 3 amide bonds. The minimum atomic E-state index is -4.91. The summed E-state index contributed by atoms with van der Waals surface area (Å²) in [7, 11) is -4.91. The van der Waals surface area contributed by atoms with Gasteiger partial charge in [-0.2, -0.15) is 0 Å². The van der Waals surface area contributed by atoms with Crippen molar-refractivity contribution in [3.63, 3.8) is 0 Å². The van der Waals surface area contributed by atoms with Gasteiger partial charge in [0.25, 0.3) is 11.4 Å². The predicted molar refractivity (Wildman–Crippen MR) is 77.0 cm³/mol. The number of carbonyl (C=O) groups is 2. The molecule has 22 heavy (non-hydrogen) atoms. The van der Waals surface area contributed by atoms with Gasteiger partial charge in [-0.25, -0.2) is 4.79 Å². The highest BCUT2D eigenvalue weighted by atomic mass is 31.2. The van der Waals surface area contributed by atoms with Crippen LogP contribution >= 0.6 is 7.60 Å². The van der Waals surface area contributed by atoms with Gasteiger partial charge in [-0.3, -0.25) is 14.3 Å². The van der Waals surface area contributed by atoms with Crippen molar-refractivity contribution < 1.29 is 33.4 Å². The first kappa shape index (κ1) is 19.1. The van der Waals surface area contributed by atoms with E-state index in [4.69, 9.17) is 9.47 Å². The summed E-state index contributed by atoms with van der Waals surface area (Å²) in [5.74, 6) is -0.572. The fourth-order valence-corrected chi connectivity index (χ4v) is 3.09. The van der Waals surface area contributed by atoms with E-state index < -0.39 is 37.1 Å². The van der Waals surface area contributed by atoms with Gasteiger partial charge in [0.1, 0.15) is 5.54 Å². The molecule has 10 heteroatoms. The normalized spacial score (nSPS) is 23.1. The second kappa shape index (κ2) is 6.64. The van der Waals surface area contributed by atoms with E-state index in [0.29, 0.717) is 6.42 Å². The Hall–Kier alpha value is -0.990. The molecule has 0 aromatic heterocycles. The van der Waals surface area contributed by atoms with Crippen LogP contribution in [-0.4, -0.2) is 57.5 Å². The molecule has 3 N–H and O–H groups in total. The molecule has 0 aliphatic carbocycles. The number of urea groups is 1. The number of ether oxygens (including phenoxy) is 2. The first-order valence-corrected chi connectivity index (χ1v) is 8.65. The van der Waals surface area contributed by atoms with Crippen LogP contribution in [0.1, 0.15) is 34.1 Å². The molecule has 0 radical (unpaired) electrons. The van der Waals surface area contributed by atoms with Gasteiger partial charge in [0.15, 0.2) is 0 Å². The molecule has 1 atom stereocenters. The topological polar surface area (TPSA) is 125 Å². The lowest BCUT2D eigenvalue weighted by molar-refractivity contribution is -0.192. The molecule has 1 aliphatic heterocycles. The highest BCUT2D eigenvalue weighted by molar-refractivity contribution is 7.53. The average molecular weight is 338 g/mol. The molecule has 0 saturated carbocycles. The number of carbonyl (C=O) groups excluding carboxylic acids is 2. The van der Waals surface area contributed by atoms with Crippen LogP contribution in [0.3, 0.4) is 0 Å². The summed E-state index contributed by atoms with van der Waals surface area (Å²) in [4.78, 5) is 44.3. The third-order valence-electron chi connectivity index (χ3n) is 3.59. The van der Waals surface area contributed by atoms with Gasteiger partial charge in [0, 0.05) is 13.2 Å². The van der Waals surface area contributed by atoms with Gasteiger partial charge in [0.2, 0.25) is 0 Å². The molecular formula is C12H23N2O7P. The van der Waals surface area contributed by atoms with Gasteiger partial charge < -0.3 is 24.6 Å². The van der Waals surface area contributed by atoms with Gasteiger partial charge in [-0.05, 0) is 27.2 Å². The Morgan fingerprint density at radius 2 is 1.73 bits per heavy atom. The van der Waals surface area contributed by atoms with E-state index >= 15 is 0 Å². The highest BCUT2D eigenvalue weighted by Gasteiger charge is 2.56. The van der Waals surface area contributed by atoms with Crippen molar-refractivity contribution in [2.45, 2.75) is 45.2 Å². The standard InChI is InChI=1S/C12H23N2O7P/c1-5-11(4)9(15)14(10(16)13-11)8-12(20-6-2,21-7-3)22(17,18)19/h5-8H2,1-4H3,(H,13,16)(H2,17,18,19). The van der Waals surface area contributed by atoms with Crippen molar-refractivity contribution in [2.75, 3.05) is 19.8 Å². The van der Waals surface area contributed by atoms with Crippen molar-refractivity contribution in [3.05, 3.63) is 0 Å². The van der Waals surface area contributed by atoms with Crippen molar-refractivity contribution in [1.29, 1.82) is 0 Å². The van der Waals surface area contributed by atoms with Gasteiger partial charge in [0.05, 0.1) is 6.54 Å². The maximum Gasteiger partial charge on any atom is 0.386 e. The Labute approximate surface area is 129 Å². The van der Waals surface area contributed by atoms with E-state index in [1.165, 1.54) is 13.8 Å². The molecular weight excluding hydrogens is 315 g/mol. The molecule has 0 aromatic carbocycles. The van der Waals surface area contributed by atoms with Crippen LogP contribution in [0.5, 0.6) is 0 Å². The molecule has 1 aliphatic rings. The van der Waals surface area contributed by atoms with E-state index in [1.54, 1.807) is 13.8 Å². The molecule has 1 fully saturated rings. The lowest BCUT2D eigenvalue weighted by Crippen LogP contribution is -2.50. The largest absolute Gasteiger partial charge is 0.386 e. The Bertz CT molecular complexity index is 486. The molecule has 0 bridgehead atoms. The van der Waals surface area contributed by atoms with Crippen molar-refractivity contribution in [1.82, 2.24) is 10.2 Å². The van der Waals surface area contributed by atoms with E-state index in [9.17, 15) is 23.9 Å². The maximum atomic E-state index is 12.4. The number of hydrogen-bond acceptors (Lipinski definition) is 5. The number of rotatable bonds is 8. The Kier molecular flexibility index (Phi) is 5.75. The van der Waals surface area contributed by atoms with Crippen LogP contribution in [0.15, 0.2) is 0 Å². The Morgan fingerprint density at radius 3 is 2.05 bits per heavy atom. The van der Waals surface area contributed by atoms with Crippen molar-refractivity contribution >= 4 is 19.5 Å². The van der Waals surface area contributed by atoms with Crippen LogP contribution < -0.4 is 5.32 Å². The quantitative estimate of drug-likeness (QED) is 0.336. The zero-order valence-electron chi connectivity index (χ0n) is 13.2. The summed E-state index contributed by atoms with van der Waals surface area (Å²) < 4.78 is 22.1. The first-order chi connectivity index (χ1) is 10.1. The first-order valence-electron chi connectivity index (χ1n) is 7.04. The number of nitrogens with one attached hydrogen (secondary N) is 1. The molecule has 0 spiro atoms. The fourth-order valence-electron chi connectivity index (χ4n) is 2.17. The second-order valence-corrected chi connectivity index (χ2v) is 6.90. The molecule has 1 heterocycles. The van der Waals surface area contributed by atoms with Gasteiger partial charge in [-0.15, -0.1) is 0 Å². The van der Waals surface area contributed by atoms with E-state index in [0.717, 1.165) is 4.90 Å². The SMILES string of the molecule is CCOC(CN1C(=O)NC(C)(CC)C1=O)(OCC)P(=O)(O)O. The summed E-state index contributed by atoms with van der Waals surface area (Å²) >= 11 is 0. The second-order valence-electron chi connectivity index (χ2n) is 5.13. The summed E-state index contributed by atoms with van der Waals surface area (Å²) in [5, 5.41) is 2.51. The Morgan fingerprint density at radius 1 is 1.23 bits per heavy atom. The van der Waals surface area contributed by atoms with Crippen LogP contribution in [-0.2, 0) is 18.8 Å². The lowest BCUT2D eigenvalue weighted by atomic mass is 9.99. The van der Waals surface area contributed by atoms with Crippen LogP contribution in [0.25, 0.3) is 0 Å². The summed E-state index contributed by atoms with van der Waals surface area (Å²) in [5.41, 5.74) is -3.46. The number of nitrogens with zero attached hydrogens (tertiary/aromatic N) is 1. The smallest absolute Gasteiger partial charge is 0.339 e. The van der Waals surface area contributed by atoms with Gasteiger partial charge >= 0.3 is 13.6 Å². The maximum absolute atomic E-state index is 12.4. The summed E-state index contributed by atoms with van der Waals surface area (Å²) in [6.45, 7) is 5.55. The molecule has 9 nitrogen and oxygen atoms in total. The van der Waals surface area contributed by atoms with E-state index in [-0.39, 0.29) is 13.2 Å². The van der Waals surface area contributed by atoms with Crippen LogP contribution in [0.2, 0.25) is 0 Å². The summed E-state index contributed by atoms with van der Waals surface area (Å²) in [6.07, 6.45) is 0.347. The van der Waals surface area contributed by atoms with E-state index in [2.05, 4.69) is 5.32 Å². The molecule has 0 aromatic rings. The van der Waals surface area contributed by atoms with Crippen LogP contribution in [0.4, 0.5) is 4.79 Å². The third-order valence-corrected chi connectivity index (χ3v) is 4.88. The summed E-state index contributed by atoms with van der Waals surface area (Å²) in [6, 6.07) is -0.730. The lowest BCUT2D eigenvalue weighted by Gasteiger charge is -2.35. The monoisotopic (exact) mass is 338 g/mol. The number of imide groups is 1. The zero-order chi connectivity index (χ0) is 17.2. The molecule has 1 rings (SSSR count). The predicted octanol–water partition coefficient (Wildman–Crippen LogP) is 0.611. The minimum absolute atomic E-state index is 0.0557. The third kappa shape index (κ3) is 3.33. The van der Waals surface area contributed by atoms with E-state index in [1.807, 2.05) is 0 Å².